The lowest BCUT2D eigenvalue weighted by Crippen LogP contribution is -2.07. The Labute approximate surface area is 84.4 Å². The SMILES string of the molecule is OCC(=NO)c1ccc(OC(F)F)cc1. The van der Waals surface area contributed by atoms with Gasteiger partial charge in [0.2, 0.25) is 0 Å². The Morgan fingerprint density at radius 3 is 2.33 bits per heavy atom. The summed E-state index contributed by atoms with van der Waals surface area (Å²) in [6.07, 6.45) is 0. The van der Waals surface area contributed by atoms with Gasteiger partial charge in [-0.25, -0.2) is 0 Å². The molecule has 2 N–H and O–H groups in total. The van der Waals surface area contributed by atoms with Crippen molar-refractivity contribution in [3.05, 3.63) is 29.8 Å². The number of hydrogen-bond acceptors (Lipinski definition) is 4. The predicted molar refractivity (Wildman–Crippen MR) is 48.5 cm³/mol. The predicted octanol–water partition coefficient (Wildman–Crippen LogP) is 1.46. The second kappa shape index (κ2) is 5.26. The monoisotopic (exact) mass is 217 g/mol. The smallest absolute Gasteiger partial charge is 0.387 e. The molecule has 6 heteroatoms. The molecule has 0 saturated carbocycles. The van der Waals surface area contributed by atoms with E-state index < -0.39 is 13.2 Å². The van der Waals surface area contributed by atoms with E-state index in [1.54, 1.807) is 0 Å². The minimum Gasteiger partial charge on any atom is -0.435 e. The van der Waals surface area contributed by atoms with Gasteiger partial charge in [-0.3, -0.25) is 0 Å². The van der Waals surface area contributed by atoms with Gasteiger partial charge in [0.15, 0.2) is 0 Å². The van der Waals surface area contributed by atoms with Gasteiger partial charge in [0.25, 0.3) is 0 Å². The van der Waals surface area contributed by atoms with Gasteiger partial charge < -0.3 is 15.1 Å². The highest BCUT2D eigenvalue weighted by Gasteiger charge is 2.06. The van der Waals surface area contributed by atoms with Crippen molar-refractivity contribution in [1.29, 1.82) is 0 Å². The minimum absolute atomic E-state index is 0.00368. The fourth-order valence-electron chi connectivity index (χ4n) is 1.01. The second-order valence-electron chi connectivity index (χ2n) is 2.61. The van der Waals surface area contributed by atoms with E-state index in [-0.39, 0.29) is 11.5 Å². The Kier molecular flexibility index (Phi) is 3.99. The Morgan fingerprint density at radius 1 is 1.33 bits per heavy atom. The van der Waals surface area contributed by atoms with Crippen LogP contribution in [0.5, 0.6) is 5.75 Å². The topological polar surface area (TPSA) is 62.1 Å². The van der Waals surface area contributed by atoms with Crippen LogP contribution in [-0.2, 0) is 0 Å². The van der Waals surface area contributed by atoms with Crippen molar-refractivity contribution in [3.63, 3.8) is 0 Å². The summed E-state index contributed by atoms with van der Waals surface area (Å²) >= 11 is 0. The summed E-state index contributed by atoms with van der Waals surface area (Å²) < 4.78 is 27.7. The molecule has 0 bridgehead atoms. The van der Waals surface area contributed by atoms with Gasteiger partial charge in [-0.05, 0) is 24.3 Å². The van der Waals surface area contributed by atoms with Crippen LogP contribution in [0.15, 0.2) is 29.4 Å². The molecule has 1 rings (SSSR count). The number of halogens is 2. The summed E-state index contributed by atoms with van der Waals surface area (Å²) in [7, 11) is 0. The molecule has 0 fully saturated rings. The summed E-state index contributed by atoms with van der Waals surface area (Å²) in [5, 5.41) is 20.1. The zero-order valence-electron chi connectivity index (χ0n) is 7.60. The van der Waals surface area contributed by atoms with Crippen molar-refractivity contribution >= 4 is 5.71 Å². The van der Waals surface area contributed by atoms with Crippen molar-refractivity contribution in [2.75, 3.05) is 6.61 Å². The average molecular weight is 217 g/mol. The van der Waals surface area contributed by atoms with Crippen LogP contribution in [0.1, 0.15) is 5.56 Å². The fraction of sp³-hybridized carbons (Fsp3) is 0.222. The minimum atomic E-state index is -2.88. The van der Waals surface area contributed by atoms with Crippen LogP contribution in [0, 0.1) is 0 Å². The maximum Gasteiger partial charge on any atom is 0.387 e. The molecule has 82 valence electrons. The first-order valence-corrected chi connectivity index (χ1v) is 4.04. The Bertz CT molecular complexity index is 338. The maximum absolute atomic E-state index is 11.8. The van der Waals surface area contributed by atoms with Crippen molar-refractivity contribution in [3.8, 4) is 5.75 Å². The summed E-state index contributed by atoms with van der Waals surface area (Å²) in [5.74, 6) is 0.00368. The molecule has 0 aliphatic heterocycles. The van der Waals surface area contributed by atoms with Crippen LogP contribution in [-0.4, -0.2) is 29.2 Å². The van der Waals surface area contributed by atoms with Crippen molar-refractivity contribution in [1.82, 2.24) is 0 Å². The second-order valence-corrected chi connectivity index (χ2v) is 2.61. The molecule has 0 aliphatic rings. The van der Waals surface area contributed by atoms with Crippen LogP contribution in [0.4, 0.5) is 8.78 Å². The Morgan fingerprint density at radius 2 is 1.93 bits per heavy atom. The van der Waals surface area contributed by atoms with Gasteiger partial charge in [0.05, 0.1) is 6.61 Å². The highest BCUT2D eigenvalue weighted by molar-refractivity contribution is 6.01. The molecule has 4 nitrogen and oxygen atoms in total. The van der Waals surface area contributed by atoms with E-state index in [0.717, 1.165) is 0 Å². The van der Waals surface area contributed by atoms with Gasteiger partial charge >= 0.3 is 6.61 Å². The zero-order valence-corrected chi connectivity index (χ0v) is 7.60. The average Bonchev–Trinajstić information content (AvgIpc) is 2.21. The lowest BCUT2D eigenvalue weighted by Gasteiger charge is -2.05. The number of benzene rings is 1. The van der Waals surface area contributed by atoms with Gasteiger partial charge in [-0.15, -0.1) is 0 Å². The molecule has 15 heavy (non-hydrogen) atoms. The van der Waals surface area contributed by atoms with Gasteiger partial charge in [-0.1, -0.05) is 5.16 Å². The lowest BCUT2D eigenvalue weighted by atomic mass is 10.1. The first kappa shape index (κ1) is 11.4. The molecular weight excluding hydrogens is 208 g/mol. The van der Waals surface area contributed by atoms with Crippen molar-refractivity contribution < 1.29 is 23.8 Å². The fourth-order valence-corrected chi connectivity index (χ4v) is 1.01. The van der Waals surface area contributed by atoms with Gasteiger partial charge in [-0.2, -0.15) is 8.78 Å². The Balaban J connectivity index is 2.80. The molecule has 1 aromatic rings. The van der Waals surface area contributed by atoms with Crippen LogP contribution in [0.3, 0.4) is 0 Å². The van der Waals surface area contributed by atoms with E-state index in [2.05, 4.69) is 9.89 Å². The summed E-state index contributed by atoms with van der Waals surface area (Å²) in [6.45, 7) is -3.31. The molecule has 0 aromatic heterocycles. The van der Waals surface area contributed by atoms with Crippen LogP contribution in [0.2, 0.25) is 0 Å². The normalized spacial score (nSPS) is 11.9. The molecule has 0 aliphatic carbocycles. The molecule has 0 saturated heterocycles. The van der Waals surface area contributed by atoms with Crippen LogP contribution >= 0.6 is 0 Å². The first-order valence-electron chi connectivity index (χ1n) is 4.04. The molecule has 0 spiro atoms. The number of aliphatic hydroxyl groups excluding tert-OH is 1. The van der Waals surface area contributed by atoms with Gasteiger partial charge in [0.1, 0.15) is 11.5 Å². The number of aliphatic hydroxyl groups is 1. The third kappa shape index (κ3) is 3.17. The lowest BCUT2D eigenvalue weighted by molar-refractivity contribution is -0.0498. The maximum atomic E-state index is 11.8. The Hall–Kier alpha value is -1.69. The molecule has 1 aromatic carbocycles. The third-order valence-corrected chi connectivity index (χ3v) is 1.68. The van der Waals surface area contributed by atoms with Crippen LogP contribution in [0.25, 0.3) is 0 Å². The van der Waals surface area contributed by atoms with Crippen molar-refractivity contribution in [2.24, 2.45) is 5.16 Å². The highest BCUT2D eigenvalue weighted by atomic mass is 19.3. The largest absolute Gasteiger partial charge is 0.435 e. The summed E-state index contributed by atoms with van der Waals surface area (Å²) in [6, 6.07) is 5.40. The quantitative estimate of drug-likeness (QED) is 0.456. The number of oxime groups is 1. The molecule has 0 radical (unpaired) electrons. The number of nitrogens with zero attached hydrogens (tertiary/aromatic N) is 1. The summed E-state index contributed by atoms with van der Waals surface area (Å²) in [5.41, 5.74) is 0.486. The first-order chi connectivity index (χ1) is 7.17. The van der Waals surface area contributed by atoms with Gasteiger partial charge in [0, 0.05) is 5.56 Å². The van der Waals surface area contributed by atoms with E-state index in [1.165, 1.54) is 24.3 Å². The molecule has 0 atom stereocenters. The number of hydrogen-bond donors (Lipinski definition) is 2. The molecular formula is C9H9F2NO3. The molecule has 0 unspecified atom stereocenters. The zero-order chi connectivity index (χ0) is 11.3. The summed E-state index contributed by atoms with van der Waals surface area (Å²) in [4.78, 5) is 0. The van der Waals surface area contributed by atoms with E-state index in [0.29, 0.717) is 5.56 Å². The van der Waals surface area contributed by atoms with E-state index in [4.69, 9.17) is 10.3 Å². The number of rotatable bonds is 4. The third-order valence-electron chi connectivity index (χ3n) is 1.68. The number of alkyl halides is 2. The van der Waals surface area contributed by atoms with E-state index in [1.807, 2.05) is 0 Å². The van der Waals surface area contributed by atoms with Crippen molar-refractivity contribution in [2.45, 2.75) is 6.61 Å². The molecule has 0 amide bonds. The van der Waals surface area contributed by atoms with Crippen LogP contribution < -0.4 is 4.74 Å². The number of ether oxygens (including phenoxy) is 1. The van der Waals surface area contributed by atoms with E-state index in [9.17, 15) is 8.78 Å². The standard InChI is InChI=1S/C9H9F2NO3/c10-9(11)15-7-3-1-6(2-4-7)8(5-13)12-14/h1-4,9,13-14H,5H2. The molecule has 0 heterocycles. The highest BCUT2D eigenvalue weighted by Crippen LogP contribution is 2.15. The van der Waals surface area contributed by atoms with E-state index >= 15 is 0 Å².